The SMILES string of the molecule is O=C(OC(=O)Oc1ccc(F)cc1)Oc1ccc(F)cc1. The largest absolute Gasteiger partial charge is 0.524 e. The molecular formula is C14H8F2O5. The van der Waals surface area contributed by atoms with E-state index in [0.29, 0.717) is 0 Å². The van der Waals surface area contributed by atoms with Gasteiger partial charge in [-0.05, 0) is 48.5 Å². The van der Waals surface area contributed by atoms with Crippen LogP contribution in [-0.2, 0) is 4.74 Å². The first-order valence-electron chi connectivity index (χ1n) is 5.65. The molecule has 0 aromatic heterocycles. The second kappa shape index (κ2) is 6.47. The third-order valence-corrected chi connectivity index (χ3v) is 2.20. The van der Waals surface area contributed by atoms with Crippen LogP contribution in [0.25, 0.3) is 0 Å². The minimum atomic E-state index is -1.34. The van der Waals surface area contributed by atoms with E-state index in [1.165, 1.54) is 24.3 Å². The van der Waals surface area contributed by atoms with Crippen molar-refractivity contribution >= 4 is 12.3 Å². The van der Waals surface area contributed by atoms with E-state index in [1.807, 2.05) is 0 Å². The van der Waals surface area contributed by atoms with Crippen molar-refractivity contribution in [3.8, 4) is 11.5 Å². The van der Waals surface area contributed by atoms with E-state index in [9.17, 15) is 18.4 Å². The molecule has 7 heteroatoms. The maximum absolute atomic E-state index is 12.6. The van der Waals surface area contributed by atoms with Gasteiger partial charge < -0.3 is 14.2 Å². The average Bonchev–Trinajstić information content (AvgIpc) is 2.44. The Hall–Kier alpha value is -2.96. The summed E-state index contributed by atoms with van der Waals surface area (Å²) < 4.78 is 38.7. The number of carbonyl (C=O) groups excluding carboxylic acids is 2. The van der Waals surface area contributed by atoms with Crippen LogP contribution in [0, 0.1) is 11.6 Å². The Morgan fingerprint density at radius 2 is 1.00 bits per heavy atom. The van der Waals surface area contributed by atoms with E-state index in [-0.39, 0.29) is 11.5 Å². The molecule has 0 saturated heterocycles. The topological polar surface area (TPSA) is 61.8 Å². The monoisotopic (exact) mass is 294 g/mol. The summed E-state index contributed by atoms with van der Waals surface area (Å²) in [5.74, 6) is -1.02. The summed E-state index contributed by atoms with van der Waals surface area (Å²) in [5, 5.41) is 0. The molecule has 0 saturated carbocycles. The first-order valence-corrected chi connectivity index (χ1v) is 5.65. The van der Waals surface area contributed by atoms with Crippen molar-refractivity contribution in [3.63, 3.8) is 0 Å². The van der Waals surface area contributed by atoms with Gasteiger partial charge in [0.1, 0.15) is 23.1 Å². The molecule has 5 nitrogen and oxygen atoms in total. The Morgan fingerprint density at radius 1 is 0.667 bits per heavy atom. The molecule has 0 N–H and O–H groups in total. The van der Waals surface area contributed by atoms with Crippen LogP contribution in [0.15, 0.2) is 48.5 Å². The Balaban J connectivity index is 1.85. The summed E-state index contributed by atoms with van der Waals surface area (Å²) in [7, 11) is 0. The lowest BCUT2D eigenvalue weighted by Gasteiger charge is -2.05. The summed E-state index contributed by atoms with van der Waals surface area (Å²) in [6.45, 7) is 0. The van der Waals surface area contributed by atoms with E-state index < -0.39 is 23.9 Å². The lowest BCUT2D eigenvalue weighted by Crippen LogP contribution is -2.19. The maximum atomic E-state index is 12.6. The molecular weight excluding hydrogens is 286 g/mol. The van der Waals surface area contributed by atoms with Gasteiger partial charge in [-0.15, -0.1) is 0 Å². The standard InChI is InChI=1S/C14H8F2O5/c15-9-1-5-11(6-2-9)19-13(17)21-14(18)20-12-7-3-10(16)4-8-12/h1-8H. The van der Waals surface area contributed by atoms with Gasteiger partial charge in [-0.2, -0.15) is 0 Å². The molecule has 0 aliphatic rings. The normalized spacial score (nSPS) is 9.81. The lowest BCUT2D eigenvalue weighted by molar-refractivity contribution is 0.0895. The molecule has 0 bridgehead atoms. The highest BCUT2D eigenvalue weighted by atomic mass is 19.1. The molecule has 0 radical (unpaired) electrons. The predicted octanol–water partition coefficient (Wildman–Crippen LogP) is 3.68. The van der Waals surface area contributed by atoms with Gasteiger partial charge in [0.05, 0.1) is 0 Å². The van der Waals surface area contributed by atoms with Crippen molar-refractivity contribution in [1.29, 1.82) is 0 Å². The quantitative estimate of drug-likeness (QED) is 0.480. The van der Waals surface area contributed by atoms with E-state index in [0.717, 1.165) is 24.3 Å². The highest BCUT2D eigenvalue weighted by Crippen LogP contribution is 2.14. The summed E-state index contributed by atoms with van der Waals surface area (Å²) in [6.07, 6.45) is -2.68. The summed E-state index contributed by atoms with van der Waals surface area (Å²) in [6, 6.07) is 9.01. The fourth-order valence-corrected chi connectivity index (χ4v) is 1.31. The average molecular weight is 294 g/mol. The Bertz CT molecular complexity index is 580. The third-order valence-electron chi connectivity index (χ3n) is 2.20. The van der Waals surface area contributed by atoms with Crippen LogP contribution in [0.3, 0.4) is 0 Å². The van der Waals surface area contributed by atoms with Crippen LogP contribution in [-0.4, -0.2) is 12.3 Å². The smallest absolute Gasteiger partial charge is 0.395 e. The van der Waals surface area contributed by atoms with Crippen LogP contribution in [0.5, 0.6) is 11.5 Å². The number of hydrogen-bond donors (Lipinski definition) is 0. The van der Waals surface area contributed by atoms with E-state index >= 15 is 0 Å². The van der Waals surface area contributed by atoms with Crippen LogP contribution < -0.4 is 9.47 Å². The van der Waals surface area contributed by atoms with Gasteiger partial charge in [0.25, 0.3) is 0 Å². The van der Waals surface area contributed by atoms with Crippen LogP contribution in [0.1, 0.15) is 0 Å². The van der Waals surface area contributed by atoms with Gasteiger partial charge in [-0.1, -0.05) is 0 Å². The predicted molar refractivity (Wildman–Crippen MR) is 65.9 cm³/mol. The first kappa shape index (κ1) is 14.4. The maximum Gasteiger partial charge on any atom is 0.524 e. The molecule has 0 heterocycles. The zero-order valence-corrected chi connectivity index (χ0v) is 10.4. The fourth-order valence-electron chi connectivity index (χ4n) is 1.31. The molecule has 0 atom stereocenters. The van der Waals surface area contributed by atoms with Gasteiger partial charge in [0.2, 0.25) is 0 Å². The highest BCUT2D eigenvalue weighted by Gasteiger charge is 2.15. The molecule has 108 valence electrons. The third kappa shape index (κ3) is 4.57. The molecule has 2 rings (SSSR count). The van der Waals surface area contributed by atoms with Crippen molar-refractivity contribution < 1.29 is 32.6 Å². The molecule has 0 amide bonds. The molecule has 0 spiro atoms. The zero-order valence-electron chi connectivity index (χ0n) is 10.4. The van der Waals surface area contributed by atoms with Crippen LogP contribution in [0.2, 0.25) is 0 Å². The number of carbonyl (C=O) groups is 2. The molecule has 2 aromatic carbocycles. The van der Waals surface area contributed by atoms with E-state index in [1.54, 1.807) is 0 Å². The Labute approximate surface area is 117 Å². The summed E-state index contributed by atoms with van der Waals surface area (Å²) >= 11 is 0. The van der Waals surface area contributed by atoms with E-state index in [4.69, 9.17) is 0 Å². The van der Waals surface area contributed by atoms with Gasteiger partial charge in [0, 0.05) is 0 Å². The number of halogens is 2. The van der Waals surface area contributed by atoms with Gasteiger partial charge in [-0.25, -0.2) is 18.4 Å². The molecule has 0 unspecified atom stereocenters. The van der Waals surface area contributed by atoms with Crippen molar-refractivity contribution in [3.05, 3.63) is 60.2 Å². The van der Waals surface area contributed by atoms with E-state index in [2.05, 4.69) is 14.2 Å². The number of hydrogen-bond acceptors (Lipinski definition) is 5. The second-order valence-corrected chi connectivity index (χ2v) is 3.71. The molecule has 0 aliphatic carbocycles. The van der Waals surface area contributed by atoms with Crippen LogP contribution >= 0.6 is 0 Å². The first-order chi connectivity index (χ1) is 10.0. The Kier molecular flexibility index (Phi) is 4.45. The van der Waals surface area contributed by atoms with Gasteiger partial charge in [-0.3, -0.25) is 0 Å². The Morgan fingerprint density at radius 3 is 1.33 bits per heavy atom. The summed E-state index contributed by atoms with van der Waals surface area (Å²) in [4.78, 5) is 22.5. The minimum absolute atomic E-state index is 0.00372. The van der Waals surface area contributed by atoms with Crippen molar-refractivity contribution in [1.82, 2.24) is 0 Å². The molecule has 21 heavy (non-hydrogen) atoms. The van der Waals surface area contributed by atoms with Gasteiger partial charge in [0.15, 0.2) is 0 Å². The molecule has 2 aromatic rings. The molecule has 0 fully saturated rings. The highest BCUT2D eigenvalue weighted by molar-refractivity contribution is 5.79. The van der Waals surface area contributed by atoms with Crippen molar-refractivity contribution in [2.75, 3.05) is 0 Å². The van der Waals surface area contributed by atoms with Crippen molar-refractivity contribution in [2.45, 2.75) is 0 Å². The summed E-state index contributed by atoms with van der Waals surface area (Å²) in [5.41, 5.74) is 0. The van der Waals surface area contributed by atoms with Gasteiger partial charge >= 0.3 is 12.3 Å². The minimum Gasteiger partial charge on any atom is -0.395 e. The van der Waals surface area contributed by atoms with Crippen LogP contribution in [0.4, 0.5) is 18.4 Å². The number of benzene rings is 2. The number of ether oxygens (including phenoxy) is 3. The zero-order chi connectivity index (χ0) is 15.2. The van der Waals surface area contributed by atoms with Crippen molar-refractivity contribution in [2.24, 2.45) is 0 Å². The fraction of sp³-hybridized carbons (Fsp3) is 0. The number of rotatable bonds is 2. The molecule has 0 aliphatic heterocycles. The lowest BCUT2D eigenvalue weighted by atomic mass is 10.3. The second-order valence-electron chi connectivity index (χ2n) is 3.71.